The van der Waals surface area contributed by atoms with Gasteiger partial charge in [0.2, 0.25) is 0 Å². The summed E-state index contributed by atoms with van der Waals surface area (Å²) in [7, 11) is 2.58. The van der Waals surface area contributed by atoms with Crippen LogP contribution in [0.4, 0.5) is 13.6 Å². The SMILES string of the molecule is COCOc1c2n(c(-c3cc(F)c(F)c4c3Cc3ccccc3SC4)c/c1=N\OCOC(=O)OC)N[C@@H]1CCCCN1C2=O. The first-order valence-electron chi connectivity index (χ1n) is 14.0. The topological polar surface area (TPSA) is 113 Å². The Labute approximate surface area is 255 Å². The summed E-state index contributed by atoms with van der Waals surface area (Å²) < 4.78 is 52.5. The van der Waals surface area contributed by atoms with Gasteiger partial charge in [-0.15, -0.1) is 11.8 Å². The number of carbonyl (C=O) groups is 2. The van der Waals surface area contributed by atoms with Gasteiger partial charge in [0, 0.05) is 35.4 Å². The van der Waals surface area contributed by atoms with Gasteiger partial charge in [-0.25, -0.2) is 18.3 Å². The number of nitrogens with zero attached hydrogens (tertiary/aromatic N) is 3. The Kier molecular flexibility index (Phi) is 8.62. The number of piperidine rings is 1. The highest BCUT2D eigenvalue weighted by molar-refractivity contribution is 7.98. The predicted molar refractivity (Wildman–Crippen MR) is 154 cm³/mol. The highest BCUT2D eigenvalue weighted by Gasteiger charge is 2.38. The van der Waals surface area contributed by atoms with E-state index in [1.165, 1.54) is 18.9 Å². The van der Waals surface area contributed by atoms with Crippen molar-refractivity contribution < 1.29 is 42.2 Å². The van der Waals surface area contributed by atoms with E-state index in [0.717, 1.165) is 36.5 Å². The van der Waals surface area contributed by atoms with Crippen molar-refractivity contribution in [1.82, 2.24) is 9.58 Å². The highest BCUT2D eigenvalue weighted by atomic mass is 32.2. The minimum Gasteiger partial charge on any atom is -0.463 e. The summed E-state index contributed by atoms with van der Waals surface area (Å²) >= 11 is 1.44. The lowest BCUT2D eigenvalue weighted by molar-refractivity contribution is -0.0420. The molecular formula is C30H30F2N4O7S. The van der Waals surface area contributed by atoms with Crippen LogP contribution in [0.2, 0.25) is 0 Å². The van der Waals surface area contributed by atoms with Gasteiger partial charge in [-0.2, -0.15) is 0 Å². The molecule has 1 amide bonds. The number of benzene rings is 2. The van der Waals surface area contributed by atoms with Crippen LogP contribution in [0.5, 0.6) is 5.75 Å². The van der Waals surface area contributed by atoms with Crippen LogP contribution in [0.15, 0.2) is 46.4 Å². The molecule has 3 aromatic rings. The fourth-order valence-electron chi connectivity index (χ4n) is 5.71. The Morgan fingerprint density at radius 2 is 1.98 bits per heavy atom. The fraction of sp³-hybridized carbons (Fsp3) is 0.367. The lowest BCUT2D eigenvalue weighted by Gasteiger charge is -2.42. The van der Waals surface area contributed by atoms with Crippen LogP contribution >= 0.6 is 11.8 Å². The molecule has 0 saturated carbocycles. The van der Waals surface area contributed by atoms with E-state index in [2.05, 4.69) is 15.3 Å². The third-order valence-electron chi connectivity index (χ3n) is 7.73. The van der Waals surface area contributed by atoms with E-state index in [0.29, 0.717) is 36.2 Å². The zero-order valence-corrected chi connectivity index (χ0v) is 24.9. The molecule has 0 aliphatic carbocycles. The summed E-state index contributed by atoms with van der Waals surface area (Å²) in [5.74, 6) is -2.00. The van der Waals surface area contributed by atoms with Gasteiger partial charge in [0.25, 0.3) is 12.7 Å². The molecular weight excluding hydrogens is 598 g/mol. The summed E-state index contributed by atoms with van der Waals surface area (Å²) in [5.41, 5.74) is 6.02. The number of carbonyl (C=O) groups excluding carboxylic acids is 2. The van der Waals surface area contributed by atoms with E-state index in [9.17, 15) is 9.59 Å². The Hall–Kier alpha value is -4.30. The average Bonchev–Trinajstić information content (AvgIpc) is 3.24. The summed E-state index contributed by atoms with van der Waals surface area (Å²) in [6, 6.07) is 10.4. The minimum absolute atomic E-state index is 0.0322. The maximum Gasteiger partial charge on any atom is 0.510 e. The molecule has 1 saturated heterocycles. The van der Waals surface area contributed by atoms with E-state index < -0.39 is 24.6 Å². The van der Waals surface area contributed by atoms with E-state index >= 15 is 8.78 Å². The average molecular weight is 629 g/mol. The molecule has 2 aromatic carbocycles. The lowest BCUT2D eigenvalue weighted by Crippen LogP contribution is -2.56. The molecule has 1 N–H and O–H groups in total. The molecule has 3 aliphatic rings. The maximum atomic E-state index is 15.4. The van der Waals surface area contributed by atoms with Crippen LogP contribution in [-0.2, 0) is 31.2 Å². The molecule has 0 spiro atoms. The first kappa shape index (κ1) is 29.8. The van der Waals surface area contributed by atoms with Gasteiger partial charge in [-0.3, -0.25) is 4.79 Å². The Morgan fingerprint density at radius 1 is 1.14 bits per heavy atom. The Morgan fingerprint density at radius 3 is 2.80 bits per heavy atom. The van der Waals surface area contributed by atoms with E-state index in [4.69, 9.17) is 19.0 Å². The zero-order valence-electron chi connectivity index (χ0n) is 24.1. The quantitative estimate of drug-likeness (QED) is 0.172. The summed E-state index contributed by atoms with van der Waals surface area (Å²) in [6.07, 6.45) is 1.48. The van der Waals surface area contributed by atoms with Crippen LogP contribution < -0.4 is 15.5 Å². The molecule has 1 fully saturated rings. The first-order valence-corrected chi connectivity index (χ1v) is 15.0. The summed E-state index contributed by atoms with van der Waals surface area (Å²) in [6.45, 7) is -0.293. The van der Waals surface area contributed by atoms with Gasteiger partial charge in [0.05, 0.1) is 12.8 Å². The first-order chi connectivity index (χ1) is 21.4. The number of ether oxygens (including phenoxy) is 4. The van der Waals surface area contributed by atoms with Gasteiger partial charge in [-0.1, -0.05) is 23.4 Å². The normalized spacial score (nSPS) is 17.4. The van der Waals surface area contributed by atoms with E-state index in [1.807, 2.05) is 24.3 Å². The number of amides is 1. The molecule has 11 nitrogen and oxygen atoms in total. The highest BCUT2D eigenvalue weighted by Crippen LogP contribution is 2.41. The molecule has 3 aliphatic heterocycles. The second-order valence-electron chi connectivity index (χ2n) is 10.3. The van der Waals surface area contributed by atoms with Crippen molar-refractivity contribution in [3.8, 4) is 17.0 Å². The van der Waals surface area contributed by atoms with Gasteiger partial charge in [0.1, 0.15) is 11.5 Å². The predicted octanol–water partition coefficient (Wildman–Crippen LogP) is 4.69. The maximum absolute atomic E-state index is 15.4. The number of nitrogens with one attached hydrogen (secondary N) is 1. The number of hydrogen-bond acceptors (Lipinski definition) is 10. The van der Waals surface area contributed by atoms with Crippen molar-refractivity contribution >= 4 is 23.8 Å². The number of rotatable bonds is 7. The molecule has 44 heavy (non-hydrogen) atoms. The van der Waals surface area contributed by atoms with Gasteiger partial charge in [-0.05, 0) is 55.0 Å². The third-order valence-corrected chi connectivity index (χ3v) is 8.88. The fourth-order valence-corrected chi connectivity index (χ4v) is 6.81. The third kappa shape index (κ3) is 5.54. The van der Waals surface area contributed by atoms with Crippen LogP contribution in [0, 0.1) is 11.6 Å². The number of aromatic nitrogens is 1. The second-order valence-corrected chi connectivity index (χ2v) is 11.3. The smallest absolute Gasteiger partial charge is 0.463 e. The minimum atomic E-state index is -1.01. The molecule has 0 bridgehead atoms. The van der Waals surface area contributed by atoms with Crippen molar-refractivity contribution in [1.29, 1.82) is 0 Å². The lowest BCUT2D eigenvalue weighted by atomic mass is 9.92. The van der Waals surface area contributed by atoms with E-state index in [1.54, 1.807) is 15.6 Å². The number of pyridine rings is 1. The monoisotopic (exact) mass is 628 g/mol. The van der Waals surface area contributed by atoms with Crippen LogP contribution in [0.25, 0.3) is 11.3 Å². The molecule has 0 radical (unpaired) electrons. The molecule has 4 heterocycles. The van der Waals surface area contributed by atoms with Crippen LogP contribution in [0.1, 0.15) is 46.4 Å². The van der Waals surface area contributed by atoms with Crippen LogP contribution in [0.3, 0.4) is 0 Å². The molecule has 1 aromatic heterocycles. The number of halogens is 2. The summed E-state index contributed by atoms with van der Waals surface area (Å²) in [5, 5.41) is 4.15. The zero-order chi connectivity index (χ0) is 30.8. The number of hydrogen-bond donors (Lipinski definition) is 1. The van der Waals surface area contributed by atoms with Gasteiger partial charge in [0.15, 0.2) is 29.9 Å². The number of methoxy groups -OCH3 is 2. The largest absolute Gasteiger partial charge is 0.510 e. The molecule has 232 valence electrons. The van der Waals surface area contributed by atoms with Crippen molar-refractivity contribution in [3.05, 3.63) is 75.8 Å². The molecule has 0 unspecified atom stereocenters. The van der Waals surface area contributed by atoms with Crippen molar-refractivity contribution in [2.45, 2.75) is 42.5 Å². The number of thioether (sulfide) groups is 1. The van der Waals surface area contributed by atoms with Gasteiger partial charge >= 0.3 is 6.16 Å². The van der Waals surface area contributed by atoms with Gasteiger partial charge < -0.3 is 34.1 Å². The summed E-state index contributed by atoms with van der Waals surface area (Å²) in [4.78, 5) is 33.5. The van der Waals surface area contributed by atoms with Crippen molar-refractivity contribution in [2.24, 2.45) is 5.16 Å². The molecule has 1 atom stereocenters. The van der Waals surface area contributed by atoms with E-state index in [-0.39, 0.29) is 47.0 Å². The van der Waals surface area contributed by atoms with Crippen LogP contribution in [-0.4, -0.2) is 62.2 Å². The standard InChI is InChI=1S/C30H30F2N4O7S/c1-39-15-41-28-22(34-43-16-42-30(38)40-2)13-23(36-27(28)29(37)35-10-6-5-9-25(35)33-36)19-12-21(31)26(32)20-14-44-24-8-4-3-7-17(24)11-18(19)20/h3-4,7-8,12-13,25,33H,5-6,9-11,14-16H2,1-2H3/b34-22+/t25-/m0/s1. The second kappa shape index (κ2) is 12.7. The molecule has 14 heteroatoms. The Balaban J connectivity index is 1.59. The van der Waals surface area contributed by atoms with Crippen molar-refractivity contribution in [2.75, 3.05) is 39.8 Å². The number of fused-ring (bicyclic) bond motifs is 4. The molecule has 6 rings (SSSR count). The van der Waals surface area contributed by atoms with Crippen molar-refractivity contribution in [3.63, 3.8) is 0 Å². The Bertz CT molecular complexity index is 1680.